The van der Waals surface area contributed by atoms with Gasteiger partial charge in [0, 0.05) is 45.7 Å². The summed E-state index contributed by atoms with van der Waals surface area (Å²) in [7, 11) is 2.19. The molecule has 4 rings (SSSR count). The number of nitrogens with zero attached hydrogens (tertiary/aromatic N) is 5. The Balaban J connectivity index is 1.50. The predicted molar refractivity (Wildman–Crippen MR) is 98.7 cm³/mol. The van der Waals surface area contributed by atoms with Crippen LogP contribution in [-0.4, -0.2) is 76.4 Å². The van der Waals surface area contributed by atoms with Crippen molar-refractivity contribution in [3.63, 3.8) is 0 Å². The Morgan fingerprint density at radius 2 is 2.00 bits per heavy atom. The molecule has 0 spiro atoms. The largest absolute Gasteiger partial charge is 0.376 e. The van der Waals surface area contributed by atoms with Crippen LogP contribution in [0.5, 0.6) is 0 Å². The SMILES string of the molecule is C=CC(C)(O)C(=O)N1CCc2nnc(N3C[C@H]4CN(C)C[C@H]4C3)cc2C1. The van der Waals surface area contributed by atoms with Crippen LogP contribution in [0.3, 0.4) is 0 Å². The fourth-order valence-electron chi connectivity index (χ4n) is 4.47. The molecule has 1 N–H and O–H groups in total. The third-order valence-electron chi connectivity index (χ3n) is 6.04. The van der Waals surface area contributed by atoms with E-state index in [1.165, 1.54) is 13.0 Å². The van der Waals surface area contributed by atoms with Gasteiger partial charge in [0.15, 0.2) is 11.4 Å². The van der Waals surface area contributed by atoms with Gasteiger partial charge < -0.3 is 19.8 Å². The van der Waals surface area contributed by atoms with E-state index in [0.29, 0.717) is 31.3 Å². The molecule has 0 saturated carbocycles. The maximum atomic E-state index is 12.5. The number of fused-ring (bicyclic) bond motifs is 2. The zero-order valence-corrected chi connectivity index (χ0v) is 15.6. The number of aromatic nitrogens is 2. The molecule has 1 unspecified atom stereocenters. The van der Waals surface area contributed by atoms with Gasteiger partial charge >= 0.3 is 0 Å². The van der Waals surface area contributed by atoms with Gasteiger partial charge in [0.2, 0.25) is 0 Å². The first-order chi connectivity index (χ1) is 12.4. The van der Waals surface area contributed by atoms with Crippen molar-refractivity contribution in [3.05, 3.63) is 30.0 Å². The molecular weight excluding hydrogens is 330 g/mol. The maximum Gasteiger partial charge on any atom is 0.258 e. The Morgan fingerprint density at radius 1 is 1.31 bits per heavy atom. The Bertz CT molecular complexity index is 721. The zero-order chi connectivity index (χ0) is 18.5. The number of carbonyl (C=O) groups is 1. The van der Waals surface area contributed by atoms with Crippen LogP contribution in [0.4, 0.5) is 5.82 Å². The summed E-state index contributed by atoms with van der Waals surface area (Å²) in [6.45, 7) is 10.4. The number of carbonyl (C=O) groups excluding carboxylic acids is 1. The van der Waals surface area contributed by atoms with Gasteiger partial charge in [-0.05, 0) is 37.4 Å². The number of hydrogen-bond acceptors (Lipinski definition) is 6. The Kier molecular flexibility index (Phi) is 4.23. The van der Waals surface area contributed by atoms with Gasteiger partial charge in [0.1, 0.15) is 0 Å². The van der Waals surface area contributed by atoms with Crippen LogP contribution < -0.4 is 4.90 Å². The third-order valence-corrected chi connectivity index (χ3v) is 6.04. The molecule has 0 bridgehead atoms. The van der Waals surface area contributed by atoms with Crippen LogP contribution in [0, 0.1) is 11.8 Å². The fraction of sp³-hybridized carbons (Fsp3) is 0.632. The quantitative estimate of drug-likeness (QED) is 0.785. The van der Waals surface area contributed by atoms with Crippen molar-refractivity contribution < 1.29 is 9.90 Å². The van der Waals surface area contributed by atoms with E-state index < -0.39 is 5.60 Å². The molecule has 3 aliphatic heterocycles. The minimum absolute atomic E-state index is 0.310. The van der Waals surface area contributed by atoms with Crippen LogP contribution in [0.25, 0.3) is 0 Å². The molecule has 7 heteroatoms. The van der Waals surface area contributed by atoms with Crippen LogP contribution in [-0.2, 0) is 17.8 Å². The molecule has 4 heterocycles. The number of likely N-dealkylation sites (tertiary alicyclic amines) is 1. The average molecular weight is 357 g/mol. The first-order valence-corrected chi connectivity index (χ1v) is 9.31. The maximum absolute atomic E-state index is 12.5. The Hall–Kier alpha value is -1.99. The minimum Gasteiger partial charge on any atom is -0.376 e. The number of anilines is 1. The molecule has 3 aliphatic rings. The van der Waals surface area contributed by atoms with Crippen LogP contribution >= 0.6 is 0 Å². The van der Waals surface area contributed by atoms with Crippen molar-refractivity contribution in [1.82, 2.24) is 20.0 Å². The van der Waals surface area contributed by atoms with Crippen molar-refractivity contribution in [1.29, 1.82) is 0 Å². The molecule has 1 aromatic rings. The number of rotatable bonds is 3. The molecule has 26 heavy (non-hydrogen) atoms. The summed E-state index contributed by atoms with van der Waals surface area (Å²) in [4.78, 5) is 18.9. The summed E-state index contributed by atoms with van der Waals surface area (Å²) >= 11 is 0. The highest BCUT2D eigenvalue weighted by molar-refractivity contribution is 5.86. The van der Waals surface area contributed by atoms with E-state index in [1.54, 1.807) is 4.90 Å². The second-order valence-corrected chi connectivity index (χ2v) is 8.15. The number of amides is 1. The van der Waals surface area contributed by atoms with Crippen molar-refractivity contribution in [2.75, 3.05) is 44.7 Å². The Labute approximate surface area is 154 Å². The fourth-order valence-corrected chi connectivity index (χ4v) is 4.47. The highest BCUT2D eigenvalue weighted by Crippen LogP contribution is 2.33. The molecule has 0 radical (unpaired) electrons. The van der Waals surface area contributed by atoms with E-state index in [1.807, 2.05) is 0 Å². The molecule has 1 aromatic heterocycles. The average Bonchev–Trinajstić information content (AvgIpc) is 3.17. The van der Waals surface area contributed by atoms with Gasteiger partial charge in [-0.3, -0.25) is 4.79 Å². The molecule has 140 valence electrons. The second kappa shape index (κ2) is 6.32. The lowest BCUT2D eigenvalue weighted by atomic mass is 10.0. The number of aliphatic hydroxyl groups is 1. The predicted octanol–water partition coefficient (Wildman–Crippen LogP) is 0.296. The van der Waals surface area contributed by atoms with Crippen molar-refractivity contribution in [2.24, 2.45) is 11.8 Å². The summed E-state index contributed by atoms with van der Waals surface area (Å²) in [5.74, 6) is 2.01. The van der Waals surface area contributed by atoms with Gasteiger partial charge in [-0.25, -0.2) is 0 Å². The molecule has 0 aliphatic carbocycles. The van der Waals surface area contributed by atoms with Crippen LogP contribution in [0.2, 0.25) is 0 Å². The second-order valence-electron chi connectivity index (χ2n) is 8.15. The van der Waals surface area contributed by atoms with Gasteiger partial charge in [-0.1, -0.05) is 12.7 Å². The first-order valence-electron chi connectivity index (χ1n) is 9.31. The van der Waals surface area contributed by atoms with E-state index >= 15 is 0 Å². The minimum atomic E-state index is -1.53. The smallest absolute Gasteiger partial charge is 0.258 e. The van der Waals surface area contributed by atoms with E-state index in [2.05, 4.69) is 39.7 Å². The highest BCUT2D eigenvalue weighted by Gasteiger charge is 2.39. The van der Waals surface area contributed by atoms with Gasteiger partial charge in [0.05, 0.1) is 5.69 Å². The summed E-state index contributed by atoms with van der Waals surface area (Å²) < 4.78 is 0. The first kappa shape index (κ1) is 17.4. The van der Waals surface area contributed by atoms with Crippen molar-refractivity contribution in [3.8, 4) is 0 Å². The molecule has 0 aromatic carbocycles. The lowest BCUT2D eigenvalue weighted by Crippen LogP contribution is -2.47. The topological polar surface area (TPSA) is 72.8 Å². The lowest BCUT2D eigenvalue weighted by Gasteiger charge is -2.33. The molecule has 2 fully saturated rings. The summed E-state index contributed by atoms with van der Waals surface area (Å²) in [6, 6.07) is 2.08. The van der Waals surface area contributed by atoms with E-state index in [4.69, 9.17) is 0 Å². The summed E-state index contributed by atoms with van der Waals surface area (Å²) in [6.07, 6.45) is 1.96. The van der Waals surface area contributed by atoms with Crippen LogP contribution in [0.1, 0.15) is 18.2 Å². The van der Waals surface area contributed by atoms with E-state index in [9.17, 15) is 9.90 Å². The molecule has 7 nitrogen and oxygen atoms in total. The normalized spacial score (nSPS) is 27.8. The van der Waals surface area contributed by atoms with E-state index in [0.717, 1.165) is 43.3 Å². The zero-order valence-electron chi connectivity index (χ0n) is 15.6. The van der Waals surface area contributed by atoms with Crippen molar-refractivity contribution in [2.45, 2.75) is 25.5 Å². The highest BCUT2D eigenvalue weighted by atomic mass is 16.3. The monoisotopic (exact) mass is 357 g/mol. The lowest BCUT2D eigenvalue weighted by molar-refractivity contribution is -0.146. The standard InChI is InChI=1S/C19H27N5O2/c1-4-19(2,26)18(25)23-6-5-16-13(10-23)7-17(21-20-16)24-11-14-8-22(3)9-15(14)12-24/h4,7,14-15,26H,1,5-6,8-12H2,2-3H3/t14-,15+,19?. The number of hydrogen-bond donors (Lipinski definition) is 1. The van der Waals surface area contributed by atoms with Crippen LogP contribution in [0.15, 0.2) is 18.7 Å². The molecule has 2 saturated heterocycles. The molecular formula is C19H27N5O2. The van der Waals surface area contributed by atoms with Gasteiger partial charge in [-0.15, -0.1) is 5.10 Å². The van der Waals surface area contributed by atoms with Gasteiger partial charge in [-0.2, -0.15) is 5.10 Å². The molecule has 1 amide bonds. The van der Waals surface area contributed by atoms with Crippen molar-refractivity contribution >= 4 is 11.7 Å². The molecule has 3 atom stereocenters. The third kappa shape index (κ3) is 2.99. The van der Waals surface area contributed by atoms with Gasteiger partial charge in [0.25, 0.3) is 5.91 Å². The Morgan fingerprint density at radius 3 is 2.65 bits per heavy atom. The summed E-state index contributed by atoms with van der Waals surface area (Å²) in [5.41, 5.74) is 0.456. The van der Waals surface area contributed by atoms with E-state index in [-0.39, 0.29) is 5.91 Å². The summed E-state index contributed by atoms with van der Waals surface area (Å²) in [5, 5.41) is 19.1.